The van der Waals surface area contributed by atoms with Gasteiger partial charge >= 0.3 is 0 Å². The van der Waals surface area contributed by atoms with Gasteiger partial charge < -0.3 is 14.8 Å². The lowest BCUT2D eigenvalue weighted by atomic mass is 9.81. The van der Waals surface area contributed by atoms with Gasteiger partial charge in [0, 0.05) is 32.2 Å². The summed E-state index contributed by atoms with van der Waals surface area (Å²) in [5.41, 5.74) is 2.57. The van der Waals surface area contributed by atoms with Crippen LogP contribution in [0.3, 0.4) is 0 Å². The van der Waals surface area contributed by atoms with Gasteiger partial charge in [-0.25, -0.2) is 0 Å². The first-order valence-corrected chi connectivity index (χ1v) is 9.78. The summed E-state index contributed by atoms with van der Waals surface area (Å²) in [7, 11) is 1.71. The van der Waals surface area contributed by atoms with Gasteiger partial charge in [0.25, 0.3) is 0 Å². The molecule has 4 heteroatoms. The molecule has 146 valence electrons. The van der Waals surface area contributed by atoms with Gasteiger partial charge in [0.05, 0.1) is 7.11 Å². The first kappa shape index (κ1) is 19.7. The highest BCUT2D eigenvalue weighted by Crippen LogP contribution is 2.41. The summed E-state index contributed by atoms with van der Waals surface area (Å²) in [4.78, 5) is 2.58. The maximum Gasteiger partial charge on any atom is 0.161 e. The second-order valence-electron chi connectivity index (χ2n) is 8.24. The number of nitrogens with one attached hydrogen (secondary N) is 1. The molecule has 0 aliphatic carbocycles. The van der Waals surface area contributed by atoms with Crippen molar-refractivity contribution in [2.24, 2.45) is 5.41 Å². The highest BCUT2D eigenvalue weighted by Gasteiger charge is 2.33. The number of hydrogen-bond acceptors (Lipinski definition) is 4. The largest absolute Gasteiger partial charge is 0.493 e. The van der Waals surface area contributed by atoms with Crippen LogP contribution in [-0.2, 0) is 6.61 Å². The van der Waals surface area contributed by atoms with Crippen molar-refractivity contribution in [1.82, 2.24) is 10.2 Å². The second kappa shape index (κ2) is 8.77. The molecule has 0 bridgehead atoms. The van der Waals surface area contributed by atoms with Gasteiger partial charge in [-0.2, -0.15) is 0 Å². The Morgan fingerprint density at radius 1 is 1.00 bits per heavy atom. The Hall–Kier alpha value is -2.04. The van der Waals surface area contributed by atoms with Crippen molar-refractivity contribution in [3.63, 3.8) is 0 Å². The van der Waals surface area contributed by atoms with E-state index >= 15 is 0 Å². The van der Waals surface area contributed by atoms with Crippen LogP contribution in [0.15, 0.2) is 48.5 Å². The van der Waals surface area contributed by atoms with E-state index in [1.54, 1.807) is 7.11 Å². The number of nitrogens with zero attached hydrogens (tertiary/aromatic N) is 1. The molecule has 1 atom stereocenters. The van der Waals surface area contributed by atoms with E-state index in [0.29, 0.717) is 12.6 Å². The lowest BCUT2D eigenvalue weighted by Crippen LogP contribution is -2.48. The van der Waals surface area contributed by atoms with Gasteiger partial charge in [0.15, 0.2) is 11.5 Å². The standard InChI is InChI=1S/C23H32N2O2/c1-23(2,3)22(25-14-12-24-13-15-25)19-10-11-20(21(16-19)26-4)27-17-18-8-6-5-7-9-18/h5-11,16,22,24H,12-15,17H2,1-4H3/t22-/m1/s1. The third-order valence-corrected chi connectivity index (χ3v) is 5.08. The first-order valence-electron chi connectivity index (χ1n) is 9.78. The molecule has 0 radical (unpaired) electrons. The highest BCUT2D eigenvalue weighted by molar-refractivity contribution is 5.44. The normalized spacial score (nSPS) is 16.7. The molecule has 1 heterocycles. The van der Waals surface area contributed by atoms with Gasteiger partial charge in [-0.1, -0.05) is 57.2 Å². The lowest BCUT2D eigenvalue weighted by molar-refractivity contribution is 0.0860. The van der Waals surface area contributed by atoms with E-state index in [9.17, 15) is 0 Å². The number of methoxy groups -OCH3 is 1. The van der Waals surface area contributed by atoms with Gasteiger partial charge in [-0.15, -0.1) is 0 Å². The fourth-order valence-corrected chi connectivity index (χ4v) is 3.91. The number of piperazine rings is 1. The molecule has 0 aromatic heterocycles. The van der Waals surface area contributed by atoms with E-state index in [2.05, 4.69) is 61.3 Å². The maximum absolute atomic E-state index is 6.03. The first-order chi connectivity index (χ1) is 13.0. The van der Waals surface area contributed by atoms with E-state index in [1.165, 1.54) is 5.56 Å². The van der Waals surface area contributed by atoms with E-state index in [-0.39, 0.29) is 5.41 Å². The molecule has 1 aliphatic heterocycles. The van der Waals surface area contributed by atoms with Gasteiger partial charge in [-0.3, -0.25) is 4.90 Å². The van der Waals surface area contributed by atoms with Crippen LogP contribution < -0.4 is 14.8 Å². The summed E-state index contributed by atoms with van der Waals surface area (Å²) in [6, 6.07) is 17.0. The summed E-state index contributed by atoms with van der Waals surface area (Å²) in [6.07, 6.45) is 0. The van der Waals surface area contributed by atoms with Crippen molar-refractivity contribution in [1.29, 1.82) is 0 Å². The Balaban J connectivity index is 1.82. The quantitative estimate of drug-likeness (QED) is 0.826. The Morgan fingerprint density at radius 2 is 1.70 bits per heavy atom. The number of rotatable bonds is 6. The molecule has 0 amide bonds. The fourth-order valence-electron chi connectivity index (χ4n) is 3.91. The van der Waals surface area contributed by atoms with Crippen molar-refractivity contribution in [2.45, 2.75) is 33.4 Å². The Morgan fingerprint density at radius 3 is 2.33 bits per heavy atom. The minimum absolute atomic E-state index is 0.134. The molecule has 0 spiro atoms. The monoisotopic (exact) mass is 368 g/mol. The van der Waals surface area contributed by atoms with Crippen LogP contribution in [0.1, 0.15) is 37.9 Å². The predicted octanol–water partition coefficient (Wildman–Crippen LogP) is 4.27. The van der Waals surface area contributed by atoms with E-state index in [0.717, 1.165) is 43.2 Å². The average Bonchev–Trinajstić information content (AvgIpc) is 2.67. The predicted molar refractivity (Wildman–Crippen MR) is 110 cm³/mol. The van der Waals surface area contributed by atoms with Crippen LogP contribution >= 0.6 is 0 Å². The van der Waals surface area contributed by atoms with Gasteiger partial charge in [-0.05, 0) is 28.7 Å². The van der Waals surface area contributed by atoms with E-state index in [1.807, 2.05) is 18.2 Å². The topological polar surface area (TPSA) is 33.7 Å². The summed E-state index contributed by atoms with van der Waals surface area (Å²) in [5.74, 6) is 1.59. The molecule has 0 unspecified atom stereocenters. The van der Waals surface area contributed by atoms with Crippen molar-refractivity contribution >= 4 is 0 Å². The van der Waals surface area contributed by atoms with Gasteiger partial charge in [0.1, 0.15) is 6.61 Å². The highest BCUT2D eigenvalue weighted by atomic mass is 16.5. The van der Waals surface area contributed by atoms with Crippen molar-refractivity contribution < 1.29 is 9.47 Å². The zero-order valence-electron chi connectivity index (χ0n) is 17.0. The van der Waals surface area contributed by atoms with Crippen LogP contribution in [-0.4, -0.2) is 38.2 Å². The van der Waals surface area contributed by atoms with Crippen LogP contribution in [0, 0.1) is 5.41 Å². The minimum Gasteiger partial charge on any atom is -0.493 e. The molecule has 4 nitrogen and oxygen atoms in total. The zero-order chi connectivity index (χ0) is 19.3. The van der Waals surface area contributed by atoms with E-state index < -0.39 is 0 Å². The number of hydrogen-bond donors (Lipinski definition) is 1. The molecule has 1 fully saturated rings. The van der Waals surface area contributed by atoms with Gasteiger partial charge in [0.2, 0.25) is 0 Å². The number of benzene rings is 2. The molecular formula is C23H32N2O2. The third-order valence-electron chi connectivity index (χ3n) is 5.08. The Kier molecular flexibility index (Phi) is 6.40. The summed E-state index contributed by atoms with van der Waals surface area (Å²) in [6.45, 7) is 11.7. The Bertz CT molecular complexity index is 719. The second-order valence-corrected chi connectivity index (χ2v) is 8.24. The molecule has 0 saturated carbocycles. The fraction of sp³-hybridized carbons (Fsp3) is 0.478. The van der Waals surface area contributed by atoms with Crippen LogP contribution in [0.5, 0.6) is 11.5 Å². The molecule has 27 heavy (non-hydrogen) atoms. The molecule has 1 N–H and O–H groups in total. The van der Waals surface area contributed by atoms with Crippen molar-refractivity contribution in [2.75, 3.05) is 33.3 Å². The van der Waals surface area contributed by atoms with E-state index in [4.69, 9.17) is 9.47 Å². The van der Waals surface area contributed by atoms with Crippen LogP contribution in [0.25, 0.3) is 0 Å². The van der Waals surface area contributed by atoms with Crippen molar-refractivity contribution in [3.05, 3.63) is 59.7 Å². The molecular weight excluding hydrogens is 336 g/mol. The molecule has 1 aliphatic rings. The molecule has 1 saturated heterocycles. The SMILES string of the molecule is COc1cc([C@@H](N2CCNCC2)C(C)(C)C)ccc1OCc1ccccc1. The molecule has 3 rings (SSSR count). The molecule has 2 aromatic rings. The smallest absolute Gasteiger partial charge is 0.161 e. The minimum atomic E-state index is 0.134. The average molecular weight is 369 g/mol. The van der Waals surface area contributed by atoms with Crippen LogP contribution in [0.2, 0.25) is 0 Å². The third kappa shape index (κ3) is 5.02. The number of ether oxygens (including phenoxy) is 2. The van der Waals surface area contributed by atoms with Crippen molar-refractivity contribution in [3.8, 4) is 11.5 Å². The van der Waals surface area contributed by atoms with Crippen LogP contribution in [0.4, 0.5) is 0 Å². The Labute approximate surface area is 163 Å². The summed E-state index contributed by atoms with van der Waals surface area (Å²) >= 11 is 0. The maximum atomic E-state index is 6.03. The lowest BCUT2D eigenvalue weighted by Gasteiger charge is -2.42. The summed E-state index contributed by atoms with van der Waals surface area (Å²) in [5, 5.41) is 3.45. The molecule has 2 aromatic carbocycles. The summed E-state index contributed by atoms with van der Waals surface area (Å²) < 4.78 is 11.7. The zero-order valence-corrected chi connectivity index (χ0v) is 17.0.